The highest BCUT2D eigenvalue weighted by Gasteiger charge is 2.31. The van der Waals surface area contributed by atoms with Gasteiger partial charge < -0.3 is 4.74 Å². The van der Waals surface area contributed by atoms with Crippen LogP contribution in [-0.2, 0) is 0 Å². The average molecular weight is 276 g/mol. The fourth-order valence-electron chi connectivity index (χ4n) is 2.58. The maximum atomic E-state index is 12.8. The summed E-state index contributed by atoms with van der Waals surface area (Å²) >= 11 is 0. The van der Waals surface area contributed by atoms with Crippen molar-refractivity contribution in [2.45, 2.75) is 6.10 Å². The van der Waals surface area contributed by atoms with Crippen molar-refractivity contribution in [3.63, 3.8) is 0 Å². The summed E-state index contributed by atoms with van der Waals surface area (Å²) in [6.07, 6.45) is 2.88. The Labute approximate surface area is 121 Å². The van der Waals surface area contributed by atoms with E-state index in [9.17, 15) is 4.79 Å². The number of Topliss-reactive ketones (excluding diaryl/α,β-unsaturated/α-hetero) is 1. The topological polar surface area (TPSA) is 44.1 Å². The summed E-state index contributed by atoms with van der Waals surface area (Å²) in [6, 6.07) is 16.8. The van der Waals surface area contributed by atoms with Crippen molar-refractivity contribution in [2.24, 2.45) is 0 Å². The number of hydrogen-bond donors (Lipinski definition) is 0. The van der Waals surface area contributed by atoms with E-state index in [2.05, 4.69) is 4.98 Å². The van der Waals surface area contributed by atoms with Gasteiger partial charge in [0, 0.05) is 18.0 Å². The van der Waals surface area contributed by atoms with Gasteiger partial charge in [-0.1, -0.05) is 30.3 Å². The standard InChI is InChI=1S/C17H12N2O2/c20-15-13-8-5-11-19(13)17-14(9-4-10-18-17)21-16(15)12-6-2-1-3-7-12/h1-11,16H. The molecule has 1 unspecified atom stereocenters. The van der Waals surface area contributed by atoms with Gasteiger partial charge in [-0.05, 0) is 24.3 Å². The normalized spacial score (nSPS) is 16.6. The number of ether oxygens (including phenoxy) is 1. The second-order valence-electron chi connectivity index (χ2n) is 4.86. The molecule has 3 heterocycles. The van der Waals surface area contributed by atoms with Crippen molar-refractivity contribution in [1.82, 2.24) is 9.55 Å². The Kier molecular flexibility index (Phi) is 2.60. The molecule has 4 heteroatoms. The monoisotopic (exact) mass is 276 g/mol. The van der Waals surface area contributed by atoms with Crippen molar-refractivity contribution in [2.75, 3.05) is 0 Å². The molecule has 1 aliphatic rings. The third-order valence-corrected chi connectivity index (χ3v) is 3.57. The quantitative estimate of drug-likeness (QED) is 0.685. The van der Waals surface area contributed by atoms with Gasteiger partial charge in [0.05, 0.1) is 5.69 Å². The number of carbonyl (C=O) groups excluding carboxylic acids is 1. The number of benzene rings is 1. The molecule has 4 rings (SSSR count). The molecule has 0 amide bonds. The highest BCUT2D eigenvalue weighted by Crippen LogP contribution is 2.33. The van der Waals surface area contributed by atoms with Gasteiger partial charge in [0.1, 0.15) is 0 Å². The fraction of sp³-hybridized carbons (Fsp3) is 0.0588. The number of ketones is 1. The average Bonchev–Trinajstić information content (AvgIpc) is 2.98. The Hall–Kier alpha value is -2.88. The molecular formula is C17H12N2O2. The molecule has 1 atom stereocenters. The van der Waals surface area contributed by atoms with E-state index in [0.29, 0.717) is 17.3 Å². The molecule has 1 aliphatic heterocycles. The zero-order chi connectivity index (χ0) is 14.2. The van der Waals surface area contributed by atoms with Crippen molar-refractivity contribution in [1.29, 1.82) is 0 Å². The molecule has 0 bridgehead atoms. The number of hydrogen-bond acceptors (Lipinski definition) is 3. The summed E-state index contributed by atoms with van der Waals surface area (Å²) in [7, 11) is 0. The van der Waals surface area contributed by atoms with Crippen molar-refractivity contribution >= 4 is 5.78 Å². The molecule has 0 saturated heterocycles. The van der Waals surface area contributed by atoms with Crippen LogP contribution in [0.4, 0.5) is 0 Å². The molecular weight excluding hydrogens is 264 g/mol. The van der Waals surface area contributed by atoms with E-state index < -0.39 is 6.10 Å². The first-order valence-corrected chi connectivity index (χ1v) is 6.73. The number of aromatic nitrogens is 2. The van der Waals surface area contributed by atoms with Gasteiger partial charge in [0.2, 0.25) is 5.78 Å². The lowest BCUT2D eigenvalue weighted by Crippen LogP contribution is -2.18. The van der Waals surface area contributed by atoms with E-state index in [1.54, 1.807) is 22.9 Å². The summed E-state index contributed by atoms with van der Waals surface area (Å²) in [4.78, 5) is 17.1. The molecule has 0 radical (unpaired) electrons. The van der Waals surface area contributed by atoms with Crippen LogP contribution in [0.5, 0.6) is 5.75 Å². The maximum Gasteiger partial charge on any atom is 0.224 e. The highest BCUT2D eigenvalue weighted by molar-refractivity contribution is 6.00. The van der Waals surface area contributed by atoms with E-state index in [1.807, 2.05) is 48.7 Å². The Morgan fingerprint density at radius 3 is 2.71 bits per heavy atom. The molecule has 102 valence electrons. The summed E-state index contributed by atoms with van der Waals surface area (Å²) in [5, 5.41) is 0. The van der Waals surface area contributed by atoms with Crippen LogP contribution in [0.3, 0.4) is 0 Å². The molecule has 0 aliphatic carbocycles. The van der Waals surface area contributed by atoms with E-state index in [0.717, 1.165) is 5.56 Å². The number of pyridine rings is 1. The largest absolute Gasteiger partial charge is 0.474 e. The van der Waals surface area contributed by atoms with E-state index in [1.165, 1.54) is 0 Å². The first kappa shape index (κ1) is 11.9. The van der Waals surface area contributed by atoms with E-state index >= 15 is 0 Å². The van der Waals surface area contributed by atoms with Gasteiger partial charge in [-0.25, -0.2) is 4.98 Å². The van der Waals surface area contributed by atoms with Gasteiger partial charge in [-0.3, -0.25) is 9.36 Å². The Balaban J connectivity index is 1.93. The predicted octanol–water partition coefficient (Wildman–Crippen LogP) is 3.19. The number of carbonyl (C=O) groups is 1. The summed E-state index contributed by atoms with van der Waals surface area (Å²) < 4.78 is 7.74. The number of rotatable bonds is 1. The van der Waals surface area contributed by atoms with Gasteiger partial charge in [0.25, 0.3) is 0 Å². The number of nitrogens with zero attached hydrogens (tertiary/aromatic N) is 2. The lowest BCUT2D eigenvalue weighted by molar-refractivity contribution is 0.0796. The summed E-state index contributed by atoms with van der Waals surface area (Å²) in [5.41, 5.74) is 1.42. The lowest BCUT2D eigenvalue weighted by atomic mass is 10.0. The minimum atomic E-state index is -0.648. The Morgan fingerprint density at radius 2 is 1.86 bits per heavy atom. The molecule has 21 heavy (non-hydrogen) atoms. The molecule has 1 aromatic carbocycles. The van der Waals surface area contributed by atoms with Crippen LogP contribution in [0.1, 0.15) is 22.2 Å². The zero-order valence-electron chi connectivity index (χ0n) is 11.1. The summed E-state index contributed by atoms with van der Waals surface area (Å²) in [5.74, 6) is 1.18. The first-order valence-electron chi connectivity index (χ1n) is 6.73. The van der Waals surface area contributed by atoms with E-state index in [4.69, 9.17) is 4.74 Å². The van der Waals surface area contributed by atoms with Crippen molar-refractivity contribution in [3.05, 3.63) is 78.2 Å². The number of fused-ring (bicyclic) bond motifs is 3. The minimum Gasteiger partial charge on any atom is -0.474 e. The second-order valence-corrected chi connectivity index (χ2v) is 4.86. The van der Waals surface area contributed by atoms with Crippen LogP contribution in [0, 0.1) is 0 Å². The van der Waals surface area contributed by atoms with Gasteiger partial charge in [0.15, 0.2) is 17.7 Å². The molecule has 2 aromatic heterocycles. The summed E-state index contributed by atoms with van der Waals surface area (Å²) in [6.45, 7) is 0. The Bertz CT molecular complexity index is 808. The van der Waals surface area contributed by atoms with Crippen LogP contribution >= 0.6 is 0 Å². The van der Waals surface area contributed by atoms with Gasteiger partial charge >= 0.3 is 0 Å². The van der Waals surface area contributed by atoms with Crippen molar-refractivity contribution < 1.29 is 9.53 Å². The third kappa shape index (κ3) is 1.84. The third-order valence-electron chi connectivity index (χ3n) is 3.57. The molecule has 0 N–H and O–H groups in total. The zero-order valence-corrected chi connectivity index (χ0v) is 11.1. The highest BCUT2D eigenvalue weighted by atomic mass is 16.5. The van der Waals surface area contributed by atoms with Crippen LogP contribution < -0.4 is 4.74 Å². The molecule has 0 saturated carbocycles. The fourth-order valence-corrected chi connectivity index (χ4v) is 2.58. The predicted molar refractivity (Wildman–Crippen MR) is 77.7 cm³/mol. The molecule has 4 nitrogen and oxygen atoms in total. The molecule has 0 fully saturated rings. The second kappa shape index (κ2) is 4.59. The van der Waals surface area contributed by atoms with Gasteiger partial charge in [-0.15, -0.1) is 0 Å². The smallest absolute Gasteiger partial charge is 0.224 e. The SMILES string of the molecule is O=C1c2cccn2-c2ncccc2OC1c1ccccc1. The van der Waals surface area contributed by atoms with E-state index in [-0.39, 0.29) is 5.78 Å². The van der Waals surface area contributed by atoms with Crippen molar-refractivity contribution in [3.8, 4) is 11.6 Å². The lowest BCUT2D eigenvalue weighted by Gasteiger charge is -2.15. The van der Waals surface area contributed by atoms with Crippen LogP contribution in [0.25, 0.3) is 5.82 Å². The van der Waals surface area contributed by atoms with Gasteiger partial charge in [-0.2, -0.15) is 0 Å². The van der Waals surface area contributed by atoms with Crippen LogP contribution in [0.15, 0.2) is 67.0 Å². The molecule has 0 spiro atoms. The van der Waals surface area contributed by atoms with Crippen LogP contribution in [-0.4, -0.2) is 15.3 Å². The Morgan fingerprint density at radius 1 is 1.00 bits per heavy atom. The maximum absolute atomic E-state index is 12.8. The van der Waals surface area contributed by atoms with Crippen LogP contribution in [0.2, 0.25) is 0 Å². The molecule has 3 aromatic rings. The minimum absolute atomic E-state index is 0.0656. The first-order chi connectivity index (χ1) is 10.3.